The van der Waals surface area contributed by atoms with E-state index in [9.17, 15) is 29.7 Å². The largest absolute Gasteiger partial charge is 0.478 e. The third-order valence-electron chi connectivity index (χ3n) is 11.8. The van der Waals surface area contributed by atoms with Crippen molar-refractivity contribution in [2.24, 2.45) is 0 Å². The lowest BCUT2D eigenvalue weighted by atomic mass is 9.93. The molecule has 63 heavy (non-hydrogen) atoms. The summed E-state index contributed by atoms with van der Waals surface area (Å²) in [7, 11) is 0. The maximum atomic E-state index is 13.2. The topological polar surface area (TPSA) is 182 Å². The van der Waals surface area contributed by atoms with Crippen LogP contribution in [0.25, 0.3) is 90.9 Å². The van der Waals surface area contributed by atoms with E-state index in [0.29, 0.717) is 114 Å². The van der Waals surface area contributed by atoms with Crippen molar-refractivity contribution >= 4 is 64.3 Å². The number of nitrogens with zero attached hydrogens (tertiary/aromatic N) is 3. The fourth-order valence-corrected chi connectivity index (χ4v) is 8.94. The molecule has 0 amide bonds. The first kappa shape index (κ1) is 40.2. The van der Waals surface area contributed by atoms with Gasteiger partial charge >= 0.3 is 17.9 Å². The lowest BCUT2D eigenvalue weighted by Gasteiger charge is -2.13. The van der Waals surface area contributed by atoms with Gasteiger partial charge in [0.05, 0.1) is 39.5 Å². The van der Waals surface area contributed by atoms with Gasteiger partial charge in [0.25, 0.3) is 0 Å². The van der Waals surface area contributed by atoms with E-state index in [-0.39, 0.29) is 16.7 Å². The van der Waals surface area contributed by atoms with Crippen LogP contribution in [-0.4, -0.2) is 58.1 Å². The fraction of sp³-hybridized carbons (Fsp3) is 0.115. The van der Waals surface area contributed by atoms with Gasteiger partial charge in [0.1, 0.15) is 0 Å². The monoisotopic (exact) mass is 831 g/mol. The van der Waals surface area contributed by atoms with E-state index in [2.05, 4.69) is 15.0 Å². The van der Waals surface area contributed by atoms with Crippen molar-refractivity contribution in [3.63, 3.8) is 0 Å². The van der Waals surface area contributed by atoms with Gasteiger partial charge in [-0.25, -0.2) is 24.4 Å². The zero-order valence-corrected chi connectivity index (χ0v) is 34.7. The molecule has 5 N–H and O–H groups in total. The molecule has 0 fully saturated rings. The Balaban J connectivity index is 1.54. The third-order valence-corrected chi connectivity index (χ3v) is 11.8. The van der Waals surface area contributed by atoms with Gasteiger partial charge < -0.3 is 25.3 Å². The van der Waals surface area contributed by atoms with Crippen molar-refractivity contribution in [1.82, 2.24) is 24.9 Å². The van der Waals surface area contributed by atoms with Gasteiger partial charge in [-0.1, -0.05) is 75.4 Å². The first-order valence-electron chi connectivity index (χ1n) is 20.7. The summed E-state index contributed by atoms with van der Waals surface area (Å²) in [6, 6.07) is 27.6. The number of pyridine rings is 1. The van der Waals surface area contributed by atoms with Crippen LogP contribution in [0.5, 0.6) is 0 Å². The highest BCUT2D eigenvalue weighted by Crippen LogP contribution is 2.41. The fourth-order valence-electron chi connectivity index (χ4n) is 8.94. The van der Waals surface area contributed by atoms with Crippen LogP contribution in [0.1, 0.15) is 91.3 Å². The summed E-state index contributed by atoms with van der Waals surface area (Å²) in [5.41, 5.74) is 11.2. The average molecular weight is 832 g/mol. The highest BCUT2D eigenvalue weighted by molar-refractivity contribution is 6.07. The van der Waals surface area contributed by atoms with Crippen molar-refractivity contribution in [2.45, 2.75) is 40.0 Å². The standard InChI is InChI=1S/C52H41N5O6/c1-4-28-10-7-13-32(43(28)50(58)59)47-37-18-16-35(54-37)46(31-24-26-53-27-25-31)36-17-19-38(55-36)48(33-14-8-11-29(5-2)44(33)51(60)61)40-21-23-42(57-40)49(41-22-20-39(47)56-41)34-15-9-12-30(6-3)45(34)52(62)63/h7-27,54,57H,4-6H2,1-3H3,(H,58,59)(H,60,61)(H,62,63). The van der Waals surface area contributed by atoms with E-state index in [1.54, 1.807) is 36.7 Å². The number of aromatic nitrogens is 5. The average Bonchev–Trinajstić information content (AvgIpc) is 4.14. The Kier molecular flexibility index (Phi) is 10.4. The number of fused-ring (bicyclic) bond motifs is 8. The molecule has 0 spiro atoms. The Labute approximate surface area is 361 Å². The van der Waals surface area contributed by atoms with Crippen LogP contribution in [0.3, 0.4) is 0 Å². The number of carboxylic acid groups (broad SMARTS) is 3. The SMILES string of the molecule is CCc1cccc(-c2c3nc(c(-c4cccc(CC)c4C(=O)O)c4ccc([nH]4)c(-c4cccc(CC)c4C(=O)O)c4nc(c(-c5ccncc5)c5ccc2[nH]5)C=C4)C=C3)c1C(=O)O. The smallest absolute Gasteiger partial charge is 0.336 e. The predicted molar refractivity (Wildman–Crippen MR) is 247 cm³/mol. The number of aryl methyl sites for hydroxylation is 3. The number of nitrogens with one attached hydrogen (secondary N) is 2. The number of carbonyl (C=O) groups is 3. The van der Waals surface area contributed by atoms with Gasteiger partial charge in [-0.15, -0.1) is 0 Å². The lowest BCUT2D eigenvalue weighted by molar-refractivity contribution is 0.0685. The molecule has 3 aromatic carbocycles. The lowest BCUT2D eigenvalue weighted by Crippen LogP contribution is -2.06. The Morgan fingerprint density at radius 3 is 1.08 bits per heavy atom. The molecule has 310 valence electrons. The first-order valence-corrected chi connectivity index (χ1v) is 20.7. The summed E-state index contributed by atoms with van der Waals surface area (Å²) in [6.45, 7) is 5.74. The van der Waals surface area contributed by atoms with E-state index in [1.165, 1.54) is 0 Å². The minimum Gasteiger partial charge on any atom is -0.478 e. The molecule has 2 aliphatic rings. The molecule has 11 heteroatoms. The Bertz CT molecular complexity index is 3220. The molecule has 0 radical (unpaired) electrons. The van der Waals surface area contributed by atoms with Crippen LogP contribution in [0, 0.1) is 0 Å². The van der Waals surface area contributed by atoms with Crippen molar-refractivity contribution in [1.29, 1.82) is 0 Å². The maximum absolute atomic E-state index is 13.2. The summed E-state index contributed by atoms with van der Waals surface area (Å²) in [4.78, 5) is 61.4. The molecule has 2 aliphatic heterocycles. The van der Waals surface area contributed by atoms with Gasteiger partial charge in [0.15, 0.2) is 0 Å². The van der Waals surface area contributed by atoms with Gasteiger partial charge in [-0.2, -0.15) is 0 Å². The highest BCUT2D eigenvalue weighted by atomic mass is 16.4. The second-order valence-electron chi connectivity index (χ2n) is 15.2. The number of hydrogen-bond donors (Lipinski definition) is 5. The molecule has 0 atom stereocenters. The minimum absolute atomic E-state index is 0.127. The van der Waals surface area contributed by atoms with Crippen molar-refractivity contribution in [3.8, 4) is 44.5 Å². The van der Waals surface area contributed by atoms with Gasteiger partial charge in [0.2, 0.25) is 0 Å². The summed E-state index contributed by atoms with van der Waals surface area (Å²) in [5, 5.41) is 32.2. The third kappa shape index (κ3) is 6.99. The Hall–Kier alpha value is -8.18. The second-order valence-corrected chi connectivity index (χ2v) is 15.2. The molecule has 7 aromatic rings. The molecular weight excluding hydrogens is 791 g/mol. The van der Waals surface area contributed by atoms with Gasteiger partial charge in [-0.05, 0) is 102 Å². The van der Waals surface area contributed by atoms with Crippen LogP contribution in [0.4, 0.5) is 0 Å². The zero-order valence-electron chi connectivity index (χ0n) is 34.7. The number of hydrogen-bond acceptors (Lipinski definition) is 6. The van der Waals surface area contributed by atoms with Gasteiger partial charge in [0, 0.05) is 73.4 Å². The van der Waals surface area contributed by atoms with Crippen molar-refractivity contribution in [2.75, 3.05) is 0 Å². The molecule has 11 nitrogen and oxygen atoms in total. The quantitative estimate of drug-likeness (QED) is 0.0895. The number of benzene rings is 3. The van der Waals surface area contributed by atoms with Crippen molar-refractivity contribution in [3.05, 3.63) is 160 Å². The minimum atomic E-state index is -1.10. The highest BCUT2D eigenvalue weighted by Gasteiger charge is 2.26. The molecule has 0 unspecified atom stereocenters. The number of rotatable bonds is 10. The number of H-pyrrole nitrogens is 2. The Morgan fingerprint density at radius 2 is 0.762 bits per heavy atom. The second kappa shape index (κ2) is 16.4. The number of carboxylic acids is 3. The molecular formula is C52H41N5O6. The number of aromatic carboxylic acids is 3. The van der Waals surface area contributed by atoms with Gasteiger partial charge in [-0.3, -0.25) is 4.98 Å². The Morgan fingerprint density at radius 1 is 0.444 bits per heavy atom. The van der Waals surface area contributed by atoms with Crippen LogP contribution in [0.15, 0.2) is 103 Å². The molecule has 4 aromatic heterocycles. The predicted octanol–water partition coefficient (Wildman–Crippen LogP) is 11.5. The molecule has 0 saturated carbocycles. The number of aromatic amines is 2. The zero-order chi connectivity index (χ0) is 43.9. The molecule has 6 heterocycles. The van der Waals surface area contributed by atoms with E-state index >= 15 is 0 Å². The van der Waals surface area contributed by atoms with Crippen LogP contribution in [0.2, 0.25) is 0 Å². The molecule has 8 bridgehead atoms. The normalized spacial score (nSPS) is 11.9. The summed E-state index contributed by atoms with van der Waals surface area (Å²) in [5.74, 6) is -3.25. The maximum Gasteiger partial charge on any atom is 0.336 e. The summed E-state index contributed by atoms with van der Waals surface area (Å²) in [6.07, 6.45) is 12.2. The molecule has 0 aliphatic carbocycles. The van der Waals surface area contributed by atoms with Crippen molar-refractivity contribution < 1.29 is 29.7 Å². The van der Waals surface area contributed by atoms with E-state index in [1.807, 2.05) is 112 Å². The van der Waals surface area contributed by atoms with Crippen LogP contribution >= 0.6 is 0 Å². The first-order chi connectivity index (χ1) is 30.6. The molecule has 9 rings (SSSR count). The van der Waals surface area contributed by atoms with E-state index in [0.717, 1.165) is 11.1 Å². The van der Waals surface area contributed by atoms with Crippen LogP contribution < -0.4 is 0 Å². The summed E-state index contributed by atoms with van der Waals surface area (Å²) >= 11 is 0. The molecule has 0 saturated heterocycles. The summed E-state index contributed by atoms with van der Waals surface area (Å²) < 4.78 is 0. The van der Waals surface area contributed by atoms with E-state index < -0.39 is 17.9 Å². The van der Waals surface area contributed by atoms with E-state index in [4.69, 9.17) is 9.97 Å². The van der Waals surface area contributed by atoms with Crippen LogP contribution in [-0.2, 0) is 19.3 Å².